The van der Waals surface area contributed by atoms with E-state index in [2.05, 4.69) is 118 Å². The maximum Gasteiger partial charge on any atom is 0.256 e. The van der Waals surface area contributed by atoms with E-state index in [4.69, 9.17) is 9.15 Å². The molecule has 0 aliphatic carbocycles. The van der Waals surface area contributed by atoms with Crippen LogP contribution in [0.1, 0.15) is 0 Å². The number of fused-ring (bicyclic) bond motifs is 7. The largest absolute Gasteiger partial charge is 0.501 e. The Balaban J connectivity index is 0.000000245. The van der Waals surface area contributed by atoms with Crippen LogP contribution in [0.2, 0.25) is 0 Å². The fraction of sp³-hybridized carbons (Fsp3) is 0. The molecule has 0 bridgehead atoms. The van der Waals surface area contributed by atoms with Crippen LogP contribution in [0.25, 0.3) is 44.5 Å². The number of benzene rings is 6. The molecule has 7 heteroatoms. The van der Waals surface area contributed by atoms with Crippen LogP contribution < -0.4 is 26.0 Å². The summed E-state index contributed by atoms with van der Waals surface area (Å²) in [6.45, 7) is 0.0190. The third kappa shape index (κ3) is 5.62. The zero-order valence-corrected chi connectivity index (χ0v) is 30.6. The van der Waals surface area contributed by atoms with Crippen LogP contribution in [0.3, 0.4) is 0 Å². The third-order valence-corrected chi connectivity index (χ3v) is 9.74. The quantitative estimate of drug-likeness (QED) is 0.131. The van der Waals surface area contributed by atoms with E-state index in [0.29, 0.717) is 0 Å². The van der Waals surface area contributed by atoms with Gasteiger partial charge in [0.05, 0.1) is 5.58 Å². The smallest absolute Gasteiger partial charge is 0.256 e. The second kappa shape index (κ2) is 13.7. The molecule has 0 fully saturated rings. The van der Waals surface area contributed by atoms with Gasteiger partial charge in [-0.1, -0.05) is 77.7 Å². The van der Waals surface area contributed by atoms with Crippen molar-refractivity contribution in [2.75, 3.05) is 4.90 Å². The van der Waals surface area contributed by atoms with Gasteiger partial charge in [-0.2, -0.15) is 0 Å². The Kier molecular flexibility index (Phi) is 8.43. The van der Waals surface area contributed by atoms with Gasteiger partial charge in [0.15, 0.2) is 0 Å². The van der Waals surface area contributed by atoms with Crippen molar-refractivity contribution in [1.82, 2.24) is 9.97 Å². The number of ether oxygens (including phenoxy) is 1. The molecule has 0 saturated heterocycles. The first-order valence-corrected chi connectivity index (χ1v) is 17.3. The van der Waals surface area contributed by atoms with E-state index in [1.807, 2.05) is 66.7 Å². The number of hydrogen-bond donors (Lipinski definition) is 0. The number of para-hydroxylation sites is 2. The summed E-state index contributed by atoms with van der Waals surface area (Å²) < 4.78 is 13.3. The molecule has 9 aromatic rings. The molecule has 11 rings (SSSR count). The first-order valence-electron chi connectivity index (χ1n) is 17.3. The van der Waals surface area contributed by atoms with E-state index in [-0.39, 0.29) is 26.8 Å². The minimum absolute atomic E-state index is 0. The van der Waals surface area contributed by atoms with Crippen LogP contribution in [0.5, 0.6) is 11.5 Å². The fourth-order valence-electron chi connectivity index (χ4n) is 7.50. The molecule has 5 nitrogen and oxygen atoms in total. The van der Waals surface area contributed by atoms with E-state index in [9.17, 15) is 0 Å². The molecule has 0 saturated carbocycles. The Hall–Kier alpha value is -6.27. The maximum atomic E-state index is 6.68. The summed E-state index contributed by atoms with van der Waals surface area (Å²) in [5.41, 5.74) is 12.3. The molecule has 53 heavy (non-hydrogen) atoms. The number of rotatable bonds is 3. The number of anilines is 3. The summed E-state index contributed by atoms with van der Waals surface area (Å²) in [6, 6.07) is 59.9. The normalized spacial score (nSPS) is 12.1. The summed E-state index contributed by atoms with van der Waals surface area (Å²) in [6.07, 6.45) is 3.58. The topological polar surface area (TPSA) is 51.4 Å². The zero-order valence-electron chi connectivity index (χ0n) is 28.2. The van der Waals surface area contributed by atoms with E-state index in [1.165, 1.54) is 16.6 Å². The van der Waals surface area contributed by atoms with E-state index in [1.54, 1.807) is 12.4 Å². The second-order valence-corrected chi connectivity index (χ2v) is 12.7. The molecular weight excluding hydrogens is 830 g/mol. The molecule has 0 unspecified atom stereocenters. The number of furan rings is 1. The molecule has 253 valence electrons. The van der Waals surface area contributed by atoms with Crippen molar-refractivity contribution in [1.29, 1.82) is 0 Å². The predicted molar refractivity (Wildman–Crippen MR) is 210 cm³/mol. The van der Waals surface area contributed by atoms with Gasteiger partial charge in [-0.25, -0.2) is 0 Å². The van der Waals surface area contributed by atoms with Crippen LogP contribution in [-0.4, -0.2) is 16.7 Å². The van der Waals surface area contributed by atoms with Crippen LogP contribution in [0, 0.1) is 12.1 Å². The van der Waals surface area contributed by atoms with Gasteiger partial charge in [0.25, 0.3) is 6.71 Å². The molecular formula is C46H28BIrN3O2-2. The molecule has 0 atom stereocenters. The number of pyridine rings is 2. The molecule has 1 radical (unpaired) electrons. The molecule has 2 aliphatic heterocycles. The first kappa shape index (κ1) is 32.6. The minimum Gasteiger partial charge on any atom is -0.501 e. The Bertz CT molecular complexity index is 2690. The molecule has 0 spiro atoms. The maximum absolute atomic E-state index is 6.68. The number of aromatic nitrogens is 2. The SMILES string of the molecule is [Ir].[c-]1ccc2c(oc3cc4c(cc32)Oc2cccc3c2B4c2ccccc2N3c2ccccc2)c1-c1ccccn1.[c-]1ccccc1-c1ccccn1. The van der Waals surface area contributed by atoms with Gasteiger partial charge in [0.2, 0.25) is 0 Å². The Morgan fingerprint density at radius 2 is 1.32 bits per heavy atom. The van der Waals surface area contributed by atoms with Crippen LogP contribution >= 0.6 is 0 Å². The Labute approximate surface area is 321 Å². The summed E-state index contributed by atoms with van der Waals surface area (Å²) in [4.78, 5) is 11.1. The number of nitrogens with zero attached hydrogens (tertiary/aromatic N) is 3. The molecule has 2 aliphatic rings. The minimum atomic E-state index is 0. The number of hydrogen-bond acceptors (Lipinski definition) is 5. The van der Waals surface area contributed by atoms with Gasteiger partial charge in [-0.15, -0.1) is 54.1 Å². The summed E-state index contributed by atoms with van der Waals surface area (Å²) in [7, 11) is 0. The zero-order chi connectivity index (χ0) is 34.4. The van der Waals surface area contributed by atoms with Gasteiger partial charge in [-0.3, -0.25) is 0 Å². The first-order chi connectivity index (χ1) is 25.8. The van der Waals surface area contributed by atoms with Gasteiger partial charge >= 0.3 is 0 Å². The summed E-state index contributed by atoms with van der Waals surface area (Å²) in [5.74, 6) is 1.75. The van der Waals surface area contributed by atoms with Crippen LogP contribution in [-0.2, 0) is 20.1 Å². The molecule has 3 aromatic heterocycles. The van der Waals surface area contributed by atoms with E-state index < -0.39 is 0 Å². The van der Waals surface area contributed by atoms with Crippen molar-refractivity contribution < 1.29 is 29.3 Å². The fourth-order valence-corrected chi connectivity index (χ4v) is 7.50. The van der Waals surface area contributed by atoms with E-state index in [0.717, 1.165) is 72.8 Å². The molecule has 6 aromatic carbocycles. The van der Waals surface area contributed by atoms with Crippen molar-refractivity contribution >= 4 is 62.1 Å². The van der Waals surface area contributed by atoms with Gasteiger partial charge in [0.1, 0.15) is 17.1 Å². The van der Waals surface area contributed by atoms with Crippen molar-refractivity contribution in [2.45, 2.75) is 0 Å². The van der Waals surface area contributed by atoms with Crippen molar-refractivity contribution in [3.8, 4) is 34.0 Å². The Morgan fingerprint density at radius 3 is 2.11 bits per heavy atom. The van der Waals surface area contributed by atoms with Crippen molar-refractivity contribution in [2.24, 2.45) is 0 Å². The summed E-state index contributed by atoms with van der Waals surface area (Å²) >= 11 is 0. The Morgan fingerprint density at radius 1 is 0.566 bits per heavy atom. The van der Waals surface area contributed by atoms with Crippen molar-refractivity contribution in [3.05, 3.63) is 182 Å². The predicted octanol–water partition coefficient (Wildman–Crippen LogP) is 9.40. The molecule has 0 N–H and O–H groups in total. The average molecular weight is 858 g/mol. The van der Waals surface area contributed by atoms with Gasteiger partial charge in [-0.05, 0) is 82.4 Å². The van der Waals surface area contributed by atoms with E-state index >= 15 is 0 Å². The van der Waals surface area contributed by atoms with Crippen LogP contribution in [0.4, 0.5) is 17.1 Å². The second-order valence-electron chi connectivity index (χ2n) is 12.7. The standard InChI is InChI=1S/C35H20BN2O2.C11H8N.Ir/c1-2-10-22(11-3-1)38-29-16-5-4-14-26(29)36-27-21-32-25(20-33(27)39-31-18-9-17-30(38)34(31)36)23-12-8-13-24(35(23)40-32)28-15-6-7-19-37-28;1-2-6-10(7-3-1)11-8-4-5-9-12-11;/h1-12,14-21H;1-6,8-9H;/q2*-1;. The average Bonchev–Trinajstić information content (AvgIpc) is 3.59. The molecule has 5 heterocycles. The monoisotopic (exact) mass is 858 g/mol. The summed E-state index contributed by atoms with van der Waals surface area (Å²) in [5, 5.41) is 2.05. The third-order valence-electron chi connectivity index (χ3n) is 9.74. The van der Waals surface area contributed by atoms with Gasteiger partial charge < -0.3 is 24.0 Å². The van der Waals surface area contributed by atoms with Crippen LogP contribution in [0.15, 0.2) is 175 Å². The van der Waals surface area contributed by atoms with Gasteiger partial charge in [0, 0.05) is 54.9 Å². The molecule has 0 amide bonds. The van der Waals surface area contributed by atoms with Crippen molar-refractivity contribution in [3.63, 3.8) is 0 Å².